The van der Waals surface area contributed by atoms with Crippen LogP contribution in [0.4, 0.5) is 5.69 Å². The first-order valence-corrected chi connectivity index (χ1v) is 4.28. The van der Waals surface area contributed by atoms with E-state index in [1.54, 1.807) is 18.3 Å². The molecule has 72 valence electrons. The predicted octanol–water partition coefficient (Wildman–Crippen LogP) is 0.815. The monoisotopic (exact) mass is 182 g/mol. The highest BCUT2D eigenvalue weighted by atomic mass is 16.5. The maximum absolute atomic E-state index is 11.3. The highest BCUT2D eigenvalue weighted by molar-refractivity contribution is 5.33. The van der Waals surface area contributed by atoms with E-state index in [1.165, 1.54) is 4.57 Å². The van der Waals surface area contributed by atoms with Crippen molar-refractivity contribution < 1.29 is 4.74 Å². The molecule has 2 N–H and O–H groups in total. The summed E-state index contributed by atoms with van der Waals surface area (Å²) >= 11 is 0. The molecule has 0 amide bonds. The van der Waals surface area contributed by atoms with Gasteiger partial charge >= 0.3 is 0 Å². The van der Waals surface area contributed by atoms with E-state index in [-0.39, 0.29) is 18.0 Å². The molecule has 4 nitrogen and oxygen atoms in total. The Hall–Kier alpha value is -1.29. The summed E-state index contributed by atoms with van der Waals surface area (Å²) in [4.78, 5) is 11.3. The van der Waals surface area contributed by atoms with Crippen LogP contribution in [0.3, 0.4) is 0 Å². The van der Waals surface area contributed by atoms with Crippen molar-refractivity contribution in [2.75, 3.05) is 12.3 Å². The summed E-state index contributed by atoms with van der Waals surface area (Å²) in [6.07, 6.45) is 2.60. The molecule has 0 radical (unpaired) electrons. The molecule has 0 spiro atoms. The van der Waals surface area contributed by atoms with Crippen LogP contribution in [-0.2, 0) is 11.5 Å². The first-order valence-electron chi connectivity index (χ1n) is 4.28. The molecule has 0 fully saturated rings. The van der Waals surface area contributed by atoms with E-state index in [1.807, 2.05) is 6.92 Å². The van der Waals surface area contributed by atoms with Crippen molar-refractivity contribution in [2.24, 2.45) is 0 Å². The molecule has 0 bridgehead atoms. The van der Waals surface area contributed by atoms with Crippen LogP contribution < -0.4 is 11.3 Å². The molecule has 0 saturated carbocycles. The maximum atomic E-state index is 11.3. The first-order chi connectivity index (χ1) is 6.25. The molecular weight excluding hydrogens is 168 g/mol. The van der Waals surface area contributed by atoms with Gasteiger partial charge in [0.2, 0.25) is 0 Å². The van der Waals surface area contributed by atoms with Crippen molar-refractivity contribution in [2.45, 2.75) is 20.1 Å². The average Bonchev–Trinajstić information content (AvgIpc) is 2.13. The van der Waals surface area contributed by atoms with E-state index in [2.05, 4.69) is 0 Å². The number of nitrogen functional groups attached to an aromatic ring is 1. The lowest BCUT2D eigenvalue weighted by atomic mass is 10.4. The number of nitrogens with two attached hydrogens (primary N) is 1. The Bertz CT molecular complexity index is 320. The zero-order valence-electron chi connectivity index (χ0n) is 7.69. The Kier molecular flexibility index (Phi) is 3.52. The molecule has 0 atom stereocenters. The van der Waals surface area contributed by atoms with E-state index in [0.29, 0.717) is 6.61 Å². The Morgan fingerprint density at radius 1 is 1.62 bits per heavy atom. The number of nitrogens with zero attached hydrogens (tertiary/aromatic N) is 1. The zero-order chi connectivity index (χ0) is 9.68. The highest BCUT2D eigenvalue weighted by Gasteiger charge is 1.97. The smallest absolute Gasteiger partial charge is 0.275 e. The van der Waals surface area contributed by atoms with Crippen LogP contribution >= 0.6 is 0 Å². The third kappa shape index (κ3) is 2.59. The van der Waals surface area contributed by atoms with Gasteiger partial charge in [0.25, 0.3) is 5.56 Å². The molecule has 1 rings (SSSR count). The van der Waals surface area contributed by atoms with Crippen molar-refractivity contribution in [3.63, 3.8) is 0 Å². The molecule has 1 heterocycles. The van der Waals surface area contributed by atoms with Gasteiger partial charge in [-0.3, -0.25) is 9.36 Å². The number of ether oxygens (including phenoxy) is 1. The number of anilines is 1. The summed E-state index contributed by atoms with van der Waals surface area (Å²) in [7, 11) is 0. The average molecular weight is 182 g/mol. The highest BCUT2D eigenvalue weighted by Crippen LogP contribution is 1.92. The predicted molar refractivity (Wildman–Crippen MR) is 51.4 cm³/mol. The molecule has 0 aromatic carbocycles. The second-order valence-corrected chi connectivity index (χ2v) is 2.78. The van der Waals surface area contributed by atoms with Gasteiger partial charge in [0, 0.05) is 12.8 Å². The normalized spacial score (nSPS) is 10.2. The van der Waals surface area contributed by atoms with Gasteiger partial charge in [-0.05, 0) is 18.6 Å². The van der Waals surface area contributed by atoms with Gasteiger partial charge in [-0.15, -0.1) is 0 Å². The number of aromatic nitrogens is 1. The van der Waals surface area contributed by atoms with Crippen molar-refractivity contribution in [1.29, 1.82) is 0 Å². The standard InChI is InChI=1S/C9H14N2O2/c1-2-6-13-7-11-5-3-4-8(10)9(11)12/h3-5H,2,6-7,10H2,1H3. The Labute approximate surface area is 76.9 Å². The Morgan fingerprint density at radius 3 is 3.08 bits per heavy atom. The molecule has 1 aromatic heterocycles. The fourth-order valence-electron chi connectivity index (χ4n) is 0.964. The molecule has 0 aliphatic heterocycles. The van der Waals surface area contributed by atoms with Crippen LogP contribution in [-0.4, -0.2) is 11.2 Å². The van der Waals surface area contributed by atoms with Gasteiger partial charge in [0.1, 0.15) is 6.73 Å². The summed E-state index contributed by atoms with van der Waals surface area (Å²) in [5, 5.41) is 0. The van der Waals surface area contributed by atoms with E-state index in [9.17, 15) is 4.79 Å². The zero-order valence-corrected chi connectivity index (χ0v) is 7.69. The minimum atomic E-state index is -0.196. The molecule has 1 aromatic rings. The largest absolute Gasteiger partial charge is 0.394 e. The summed E-state index contributed by atoms with van der Waals surface area (Å²) in [5.74, 6) is 0. The molecule has 0 aliphatic carbocycles. The molecule has 13 heavy (non-hydrogen) atoms. The summed E-state index contributed by atoms with van der Waals surface area (Å²) in [5.41, 5.74) is 5.49. The minimum absolute atomic E-state index is 0.196. The fraction of sp³-hybridized carbons (Fsp3) is 0.444. The summed E-state index contributed by atoms with van der Waals surface area (Å²) in [6, 6.07) is 3.31. The van der Waals surface area contributed by atoms with Crippen LogP contribution in [0.5, 0.6) is 0 Å². The van der Waals surface area contributed by atoms with E-state index < -0.39 is 0 Å². The maximum Gasteiger partial charge on any atom is 0.275 e. The Balaban J connectivity index is 2.67. The lowest BCUT2D eigenvalue weighted by Crippen LogP contribution is -2.23. The van der Waals surface area contributed by atoms with E-state index >= 15 is 0 Å². The third-order valence-corrected chi connectivity index (χ3v) is 1.63. The number of rotatable bonds is 4. The molecule has 0 unspecified atom stereocenters. The lowest BCUT2D eigenvalue weighted by molar-refractivity contribution is 0.0753. The third-order valence-electron chi connectivity index (χ3n) is 1.63. The number of pyridine rings is 1. The SMILES string of the molecule is CCCOCn1cccc(N)c1=O. The van der Waals surface area contributed by atoms with Gasteiger partial charge in [0.05, 0.1) is 5.69 Å². The van der Waals surface area contributed by atoms with Crippen LogP contribution in [0.15, 0.2) is 23.1 Å². The molecule has 0 saturated heterocycles. The topological polar surface area (TPSA) is 57.2 Å². The lowest BCUT2D eigenvalue weighted by Gasteiger charge is -2.05. The summed E-state index contributed by atoms with van der Waals surface area (Å²) < 4.78 is 6.66. The molecular formula is C9H14N2O2. The first kappa shape index (κ1) is 9.80. The van der Waals surface area contributed by atoms with Crippen molar-refractivity contribution >= 4 is 5.69 Å². The van der Waals surface area contributed by atoms with Crippen molar-refractivity contribution in [1.82, 2.24) is 4.57 Å². The van der Waals surface area contributed by atoms with E-state index in [4.69, 9.17) is 10.5 Å². The van der Waals surface area contributed by atoms with Crippen LogP contribution in [0.1, 0.15) is 13.3 Å². The van der Waals surface area contributed by atoms with E-state index in [0.717, 1.165) is 6.42 Å². The van der Waals surface area contributed by atoms with Gasteiger partial charge in [-0.25, -0.2) is 0 Å². The van der Waals surface area contributed by atoms with Gasteiger partial charge in [0.15, 0.2) is 0 Å². The Morgan fingerprint density at radius 2 is 2.38 bits per heavy atom. The van der Waals surface area contributed by atoms with Gasteiger partial charge in [-0.2, -0.15) is 0 Å². The number of hydrogen-bond acceptors (Lipinski definition) is 3. The molecule has 0 aliphatic rings. The minimum Gasteiger partial charge on any atom is -0.394 e. The van der Waals surface area contributed by atoms with Crippen LogP contribution in [0.25, 0.3) is 0 Å². The van der Waals surface area contributed by atoms with Crippen molar-refractivity contribution in [3.05, 3.63) is 28.7 Å². The fourth-order valence-corrected chi connectivity index (χ4v) is 0.964. The van der Waals surface area contributed by atoms with Gasteiger partial charge in [-0.1, -0.05) is 6.92 Å². The number of hydrogen-bond donors (Lipinski definition) is 1. The second-order valence-electron chi connectivity index (χ2n) is 2.78. The quantitative estimate of drug-likeness (QED) is 0.701. The van der Waals surface area contributed by atoms with Crippen LogP contribution in [0, 0.1) is 0 Å². The summed E-state index contributed by atoms with van der Waals surface area (Å²) in [6.45, 7) is 2.95. The van der Waals surface area contributed by atoms with Crippen LogP contribution in [0.2, 0.25) is 0 Å². The molecule has 4 heteroatoms. The van der Waals surface area contributed by atoms with Crippen molar-refractivity contribution in [3.8, 4) is 0 Å². The second kappa shape index (κ2) is 4.67. The van der Waals surface area contributed by atoms with Gasteiger partial charge < -0.3 is 10.5 Å².